The maximum atomic E-state index is 11.6. The van der Waals surface area contributed by atoms with Crippen molar-refractivity contribution in [3.05, 3.63) is 17.8 Å². The van der Waals surface area contributed by atoms with Crippen LogP contribution in [0.5, 0.6) is 0 Å². The first-order chi connectivity index (χ1) is 10.1. The molecule has 0 radical (unpaired) electrons. The first-order valence-electron chi connectivity index (χ1n) is 7.68. The molecule has 0 spiro atoms. The summed E-state index contributed by atoms with van der Waals surface area (Å²) < 4.78 is 4.71. The van der Waals surface area contributed by atoms with Gasteiger partial charge in [0.05, 0.1) is 18.4 Å². The molecule has 3 N–H and O–H groups in total. The number of rotatable bonds is 5. The molecule has 5 heteroatoms. The number of aromatic nitrogens is 1. The fraction of sp³-hybridized carbons (Fsp3) is 0.625. The highest BCUT2D eigenvalue weighted by Crippen LogP contribution is 2.30. The Hall–Kier alpha value is -1.78. The van der Waals surface area contributed by atoms with Crippen molar-refractivity contribution >= 4 is 17.5 Å². The molecule has 1 aromatic heterocycles. The number of methoxy groups -OCH3 is 1. The largest absolute Gasteiger partial charge is 0.465 e. The molecule has 5 nitrogen and oxygen atoms in total. The Morgan fingerprint density at radius 2 is 2.14 bits per heavy atom. The van der Waals surface area contributed by atoms with Crippen molar-refractivity contribution in [3.63, 3.8) is 0 Å². The van der Waals surface area contributed by atoms with Crippen molar-refractivity contribution in [2.24, 2.45) is 11.8 Å². The molecular formula is C16H25N3O2. The summed E-state index contributed by atoms with van der Waals surface area (Å²) in [5.41, 5.74) is 6.70. The lowest BCUT2D eigenvalue weighted by Crippen LogP contribution is -2.17. The lowest BCUT2D eigenvalue weighted by Gasteiger charge is -2.26. The van der Waals surface area contributed by atoms with E-state index in [4.69, 9.17) is 10.5 Å². The number of carbonyl (C=O) groups is 1. The summed E-state index contributed by atoms with van der Waals surface area (Å²) in [6.07, 6.45) is 8.00. The third-order valence-corrected chi connectivity index (χ3v) is 4.38. The van der Waals surface area contributed by atoms with Crippen molar-refractivity contribution < 1.29 is 9.53 Å². The Morgan fingerprint density at radius 1 is 1.43 bits per heavy atom. The number of nitrogen functional groups attached to an aromatic ring is 1. The fourth-order valence-corrected chi connectivity index (χ4v) is 2.91. The van der Waals surface area contributed by atoms with Crippen molar-refractivity contribution in [1.29, 1.82) is 0 Å². The first kappa shape index (κ1) is 15.6. The number of esters is 1. The molecule has 1 aliphatic rings. The Bertz CT molecular complexity index is 482. The van der Waals surface area contributed by atoms with E-state index in [1.165, 1.54) is 32.8 Å². The average molecular weight is 291 g/mol. The molecule has 21 heavy (non-hydrogen) atoms. The summed E-state index contributed by atoms with van der Waals surface area (Å²) in [5, 5.41) is 3.25. The van der Waals surface area contributed by atoms with E-state index in [9.17, 15) is 4.79 Å². The Balaban J connectivity index is 1.87. The predicted octanol–water partition coefficient (Wildman–Crippen LogP) is 3.08. The third kappa shape index (κ3) is 4.09. The van der Waals surface area contributed by atoms with Crippen molar-refractivity contribution in [2.75, 3.05) is 24.7 Å². The molecule has 0 bridgehead atoms. The van der Waals surface area contributed by atoms with Gasteiger partial charge in [0.1, 0.15) is 5.82 Å². The van der Waals surface area contributed by atoms with Gasteiger partial charge < -0.3 is 15.8 Å². The van der Waals surface area contributed by atoms with Crippen LogP contribution in [0.4, 0.5) is 11.5 Å². The van der Waals surface area contributed by atoms with E-state index in [-0.39, 0.29) is 0 Å². The number of pyridine rings is 1. The zero-order valence-corrected chi connectivity index (χ0v) is 12.9. The SMILES string of the molecule is COC(=O)c1ccnc(NCCC2CCC(C)CC2)c1N. The van der Waals surface area contributed by atoms with Gasteiger partial charge in [0.2, 0.25) is 0 Å². The fourth-order valence-electron chi connectivity index (χ4n) is 2.91. The van der Waals surface area contributed by atoms with Gasteiger partial charge in [-0.2, -0.15) is 0 Å². The number of carbonyl (C=O) groups excluding carboxylic acids is 1. The molecule has 0 aliphatic heterocycles. The molecule has 116 valence electrons. The van der Waals surface area contributed by atoms with Gasteiger partial charge in [0.15, 0.2) is 0 Å². The highest BCUT2D eigenvalue weighted by atomic mass is 16.5. The second-order valence-electron chi connectivity index (χ2n) is 5.95. The van der Waals surface area contributed by atoms with Crippen LogP contribution in [0.3, 0.4) is 0 Å². The average Bonchev–Trinajstić information content (AvgIpc) is 2.50. The maximum absolute atomic E-state index is 11.6. The minimum atomic E-state index is -0.431. The summed E-state index contributed by atoms with van der Waals surface area (Å²) in [7, 11) is 1.35. The standard InChI is InChI=1S/C16H25N3O2/c1-11-3-5-12(6-4-11)7-9-18-15-14(17)13(8-10-19-15)16(20)21-2/h8,10-12H,3-7,9,17H2,1-2H3,(H,18,19). The Labute approximate surface area is 126 Å². The zero-order valence-electron chi connectivity index (χ0n) is 12.9. The molecule has 0 saturated heterocycles. The predicted molar refractivity (Wildman–Crippen MR) is 84.2 cm³/mol. The smallest absolute Gasteiger partial charge is 0.340 e. The topological polar surface area (TPSA) is 77.2 Å². The molecule has 1 heterocycles. The minimum absolute atomic E-state index is 0.362. The van der Waals surface area contributed by atoms with Gasteiger partial charge in [-0.3, -0.25) is 0 Å². The number of hydrogen-bond acceptors (Lipinski definition) is 5. The third-order valence-electron chi connectivity index (χ3n) is 4.38. The van der Waals surface area contributed by atoms with E-state index < -0.39 is 5.97 Å². The van der Waals surface area contributed by atoms with E-state index >= 15 is 0 Å². The number of anilines is 2. The molecule has 2 rings (SSSR count). The molecule has 0 aromatic carbocycles. The number of nitrogens with zero attached hydrogens (tertiary/aromatic N) is 1. The van der Waals surface area contributed by atoms with Gasteiger partial charge in [-0.25, -0.2) is 9.78 Å². The second-order valence-corrected chi connectivity index (χ2v) is 5.95. The maximum Gasteiger partial charge on any atom is 0.340 e. The normalized spacial score (nSPS) is 21.8. The molecule has 0 amide bonds. The first-order valence-corrected chi connectivity index (χ1v) is 7.68. The van der Waals surface area contributed by atoms with Gasteiger partial charge in [0.25, 0.3) is 0 Å². The highest BCUT2D eigenvalue weighted by molar-refractivity contribution is 5.97. The lowest BCUT2D eigenvalue weighted by atomic mass is 9.81. The van der Waals surface area contributed by atoms with E-state index in [1.807, 2.05) is 0 Å². The van der Waals surface area contributed by atoms with Crippen LogP contribution in [-0.2, 0) is 4.74 Å². The monoisotopic (exact) mass is 291 g/mol. The van der Waals surface area contributed by atoms with Crippen LogP contribution >= 0.6 is 0 Å². The number of nitrogens with two attached hydrogens (primary N) is 1. The molecule has 1 aliphatic carbocycles. The van der Waals surface area contributed by atoms with Crippen LogP contribution in [0.25, 0.3) is 0 Å². The summed E-state index contributed by atoms with van der Waals surface area (Å²) in [4.78, 5) is 15.8. The highest BCUT2D eigenvalue weighted by Gasteiger charge is 2.18. The van der Waals surface area contributed by atoms with E-state index in [1.54, 1.807) is 12.3 Å². The number of nitrogens with one attached hydrogen (secondary N) is 1. The van der Waals surface area contributed by atoms with Gasteiger partial charge in [-0.1, -0.05) is 32.6 Å². The van der Waals surface area contributed by atoms with Crippen molar-refractivity contribution in [3.8, 4) is 0 Å². The van der Waals surface area contributed by atoms with Gasteiger partial charge in [-0.05, 0) is 24.3 Å². The Kier molecular flexibility index (Phi) is 5.42. The van der Waals surface area contributed by atoms with Crippen LogP contribution in [-0.4, -0.2) is 24.6 Å². The summed E-state index contributed by atoms with van der Waals surface area (Å²) in [6.45, 7) is 3.16. The van der Waals surface area contributed by atoms with Gasteiger partial charge >= 0.3 is 5.97 Å². The molecule has 1 saturated carbocycles. The summed E-state index contributed by atoms with van der Waals surface area (Å²) in [6, 6.07) is 1.58. The summed E-state index contributed by atoms with van der Waals surface area (Å²) in [5.74, 6) is 1.81. The molecule has 0 unspecified atom stereocenters. The van der Waals surface area contributed by atoms with E-state index in [0.29, 0.717) is 17.1 Å². The van der Waals surface area contributed by atoms with Crippen molar-refractivity contribution in [1.82, 2.24) is 4.98 Å². The van der Waals surface area contributed by atoms with Crippen LogP contribution in [0.2, 0.25) is 0 Å². The van der Waals surface area contributed by atoms with Crippen LogP contribution in [0, 0.1) is 11.8 Å². The quantitative estimate of drug-likeness (QED) is 0.815. The van der Waals surface area contributed by atoms with Crippen LogP contribution in [0.15, 0.2) is 12.3 Å². The summed E-state index contributed by atoms with van der Waals surface area (Å²) >= 11 is 0. The lowest BCUT2D eigenvalue weighted by molar-refractivity contribution is 0.0602. The number of ether oxygens (including phenoxy) is 1. The molecule has 1 aromatic rings. The van der Waals surface area contributed by atoms with Gasteiger partial charge in [-0.15, -0.1) is 0 Å². The zero-order chi connectivity index (χ0) is 15.2. The minimum Gasteiger partial charge on any atom is -0.465 e. The van der Waals surface area contributed by atoms with Crippen LogP contribution in [0.1, 0.15) is 49.4 Å². The molecule has 0 atom stereocenters. The van der Waals surface area contributed by atoms with E-state index in [0.717, 1.165) is 24.8 Å². The molecular weight excluding hydrogens is 266 g/mol. The van der Waals surface area contributed by atoms with Crippen LogP contribution < -0.4 is 11.1 Å². The Morgan fingerprint density at radius 3 is 2.81 bits per heavy atom. The number of hydrogen-bond donors (Lipinski definition) is 2. The second kappa shape index (κ2) is 7.29. The van der Waals surface area contributed by atoms with Crippen molar-refractivity contribution in [2.45, 2.75) is 39.0 Å². The van der Waals surface area contributed by atoms with Gasteiger partial charge in [0, 0.05) is 12.7 Å². The van der Waals surface area contributed by atoms with E-state index in [2.05, 4.69) is 17.2 Å². The molecule has 1 fully saturated rings.